The van der Waals surface area contributed by atoms with Crippen LogP contribution in [-0.2, 0) is 6.54 Å². The van der Waals surface area contributed by atoms with Gasteiger partial charge in [0.1, 0.15) is 0 Å². The first-order valence-electron chi connectivity index (χ1n) is 5.26. The molecule has 2 heteroatoms. The lowest BCUT2D eigenvalue weighted by Gasteiger charge is -2.09. The smallest absolute Gasteiger partial charge is 0.0346 e. The molecule has 2 unspecified atom stereocenters. The quantitative estimate of drug-likeness (QED) is 0.716. The first kappa shape index (κ1) is 9.53. The molecule has 0 heterocycles. The summed E-state index contributed by atoms with van der Waals surface area (Å²) in [5, 5.41) is 3.54. The van der Waals surface area contributed by atoms with Crippen LogP contribution < -0.4 is 11.1 Å². The normalized spacial score (nSPS) is 25.0. The van der Waals surface area contributed by atoms with Crippen LogP contribution >= 0.6 is 0 Å². The Balaban J connectivity index is 1.98. The minimum absolute atomic E-state index is 0.732. The second kappa shape index (κ2) is 3.62. The Bertz CT molecular complexity index is 333. The average molecular weight is 190 g/mol. The first-order chi connectivity index (χ1) is 6.68. The molecule has 0 radical (unpaired) electrons. The summed E-state index contributed by atoms with van der Waals surface area (Å²) in [5.41, 5.74) is 9.28. The lowest BCUT2D eigenvalue weighted by atomic mass is 10.1. The molecule has 1 aromatic carbocycles. The van der Waals surface area contributed by atoms with E-state index in [1.807, 2.05) is 12.1 Å². The van der Waals surface area contributed by atoms with Crippen LogP contribution in [0, 0.1) is 12.8 Å². The summed E-state index contributed by atoms with van der Waals surface area (Å²) in [5.74, 6) is 0.858. The van der Waals surface area contributed by atoms with E-state index in [0.717, 1.165) is 24.2 Å². The maximum Gasteiger partial charge on any atom is 0.0346 e. The van der Waals surface area contributed by atoms with E-state index in [1.54, 1.807) is 0 Å². The Kier molecular flexibility index (Phi) is 2.46. The van der Waals surface area contributed by atoms with Crippen molar-refractivity contribution in [3.8, 4) is 0 Å². The molecule has 1 aliphatic carbocycles. The van der Waals surface area contributed by atoms with E-state index in [2.05, 4.69) is 25.2 Å². The van der Waals surface area contributed by atoms with Crippen LogP contribution in [0.5, 0.6) is 0 Å². The van der Waals surface area contributed by atoms with Gasteiger partial charge in [0.25, 0.3) is 0 Å². The van der Waals surface area contributed by atoms with E-state index in [-0.39, 0.29) is 0 Å². The van der Waals surface area contributed by atoms with Crippen LogP contribution in [0.25, 0.3) is 0 Å². The fraction of sp³-hybridized carbons (Fsp3) is 0.500. The fourth-order valence-electron chi connectivity index (χ4n) is 1.74. The van der Waals surface area contributed by atoms with Gasteiger partial charge in [-0.15, -0.1) is 0 Å². The third kappa shape index (κ3) is 1.90. The SMILES string of the molecule is Cc1c(N)cccc1CNC1CC1C. The van der Waals surface area contributed by atoms with Crippen molar-refractivity contribution in [3.63, 3.8) is 0 Å². The maximum atomic E-state index is 5.84. The third-order valence-corrected chi connectivity index (χ3v) is 3.15. The van der Waals surface area contributed by atoms with Gasteiger partial charge in [-0.3, -0.25) is 0 Å². The molecule has 1 fully saturated rings. The van der Waals surface area contributed by atoms with Gasteiger partial charge in [-0.25, -0.2) is 0 Å². The van der Waals surface area contributed by atoms with Crippen LogP contribution in [-0.4, -0.2) is 6.04 Å². The monoisotopic (exact) mass is 190 g/mol. The van der Waals surface area contributed by atoms with Crippen molar-refractivity contribution in [2.75, 3.05) is 5.73 Å². The second-order valence-electron chi connectivity index (χ2n) is 4.33. The van der Waals surface area contributed by atoms with E-state index in [0.29, 0.717) is 0 Å². The predicted octanol–water partition coefficient (Wildman–Crippen LogP) is 2.08. The van der Waals surface area contributed by atoms with Crippen LogP contribution in [0.2, 0.25) is 0 Å². The Morgan fingerprint density at radius 2 is 2.21 bits per heavy atom. The Morgan fingerprint density at radius 1 is 1.50 bits per heavy atom. The summed E-state index contributed by atoms with van der Waals surface area (Å²) in [6.45, 7) is 5.32. The van der Waals surface area contributed by atoms with Crippen LogP contribution in [0.4, 0.5) is 5.69 Å². The van der Waals surface area contributed by atoms with Crippen LogP contribution in [0.3, 0.4) is 0 Å². The number of rotatable bonds is 3. The van der Waals surface area contributed by atoms with E-state index in [4.69, 9.17) is 5.73 Å². The van der Waals surface area contributed by atoms with Gasteiger partial charge in [0.2, 0.25) is 0 Å². The molecule has 1 aliphatic rings. The van der Waals surface area contributed by atoms with Crippen molar-refractivity contribution in [1.29, 1.82) is 0 Å². The molecular weight excluding hydrogens is 172 g/mol. The van der Waals surface area contributed by atoms with E-state index in [9.17, 15) is 0 Å². The number of anilines is 1. The summed E-state index contributed by atoms with van der Waals surface area (Å²) in [6, 6.07) is 6.86. The Labute approximate surface area is 85.5 Å². The number of hydrogen-bond acceptors (Lipinski definition) is 2. The van der Waals surface area contributed by atoms with E-state index in [1.165, 1.54) is 17.5 Å². The molecule has 0 bridgehead atoms. The van der Waals surface area contributed by atoms with Gasteiger partial charge in [-0.05, 0) is 36.5 Å². The summed E-state index contributed by atoms with van der Waals surface area (Å²) >= 11 is 0. The molecule has 2 atom stereocenters. The highest BCUT2D eigenvalue weighted by atomic mass is 15.0. The zero-order valence-corrected chi connectivity index (χ0v) is 8.88. The molecule has 2 rings (SSSR count). The molecule has 1 aromatic rings. The predicted molar refractivity (Wildman–Crippen MR) is 60.0 cm³/mol. The van der Waals surface area contributed by atoms with Crippen molar-refractivity contribution < 1.29 is 0 Å². The molecule has 3 N–H and O–H groups in total. The molecule has 1 saturated carbocycles. The third-order valence-electron chi connectivity index (χ3n) is 3.15. The largest absolute Gasteiger partial charge is 0.399 e. The zero-order chi connectivity index (χ0) is 10.1. The molecule has 14 heavy (non-hydrogen) atoms. The number of benzene rings is 1. The highest BCUT2D eigenvalue weighted by molar-refractivity contribution is 5.49. The highest BCUT2D eigenvalue weighted by Gasteiger charge is 2.31. The van der Waals surface area contributed by atoms with Crippen LogP contribution in [0.15, 0.2) is 18.2 Å². The Morgan fingerprint density at radius 3 is 2.86 bits per heavy atom. The molecule has 0 aliphatic heterocycles. The molecule has 2 nitrogen and oxygen atoms in total. The minimum atomic E-state index is 0.732. The van der Waals surface area contributed by atoms with Crippen molar-refractivity contribution >= 4 is 5.69 Å². The lowest BCUT2D eigenvalue weighted by Crippen LogP contribution is -2.17. The van der Waals surface area contributed by atoms with E-state index >= 15 is 0 Å². The van der Waals surface area contributed by atoms with E-state index < -0.39 is 0 Å². The zero-order valence-electron chi connectivity index (χ0n) is 8.88. The van der Waals surface area contributed by atoms with Crippen molar-refractivity contribution in [3.05, 3.63) is 29.3 Å². The van der Waals surface area contributed by atoms with Gasteiger partial charge in [0.15, 0.2) is 0 Å². The molecule has 0 saturated heterocycles. The van der Waals surface area contributed by atoms with Gasteiger partial charge in [0.05, 0.1) is 0 Å². The summed E-state index contributed by atoms with van der Waals surface area (Å²) in [7, 11) is 0. The minimum Gasteiger partial charge on any atom is -0.399 e. The number of nitrogen functional groups attached to an aromatic ring is 1. The molecule has 0 aromatic heterocycles. The number of nitrogens with two attached hydrogens (primary N) is 1. The summed E-state index contributed by atoms with van der Waals surface area (Å²) < 4.78 is 0. The average Bonchev–Trinajstić information content (AvgIpc) is 2.85. The van der Waals surface area contributed by atoms with Gasteiger partial charge >= 0.3 is 0 Å². The van der Waals surface area contributed by atoms with Gasteiger partial charge in [-0.1, -0.05) is 19.1 Å². The summed E-state index contributed by atoms with van der Waals surface area (Å²) in [6.07, 6.45) is 1.32. The van der Waals surface area contributed by atoms with Gasteiger partial charge in [0, 0.05) is 18.3 Å². The topological polar surface area (TPSA) is 38.0 Å². The summed E-state index contributed by atoms with van der Waals surface area (Å²) in [4.78, 5) is 0. The number of hydrogen-bond donors (Lipinski definition) is 2. The molecule has 0 spiro atoms. The molecule has 76 valence electrons. The molecule has 0 amide bonds. The fourth-order valence-corrected chi connectivity index (χ4v) is 1.74. The number of nitrogens with one attached hydrogen (secondary N) is 1. The second-order valence-corrected chi connectivity index (χ2v) is 4.33. The van der Waals surface area contributed by atoms with Crippen molar-refractivity contribution in [1.82, 2.24) is 5.32 Å². The van der Waals surface area contributed by atoms with Crippen molar-refractivity contribution in [2.45, 2.75) is 32.9 Å². The van der Waals surface area contributed by atoms with Gasteiger partial charge in [-0.2, -0.15) is 0 Å². The molecular formula is C12H18N2. The highest BCUT2D eigenvalue weighted by Crippen LogP contribution is 2.29. The van der Waals surface area contributed by atoms with Crippen LogP contribution in [0.1, 0.15) is 24.5 Å². The van der Waals surface area contributed by atoms with Crippen molar-refractivity contribution in [2.24, 2.45) is 5.92 Å². The first-order valence-corrected chi connectivity index (χ1v) is 5.26. The van der Waals surface area contributed by atoms with Gasteiger partial charge < -0.3 is 11.1 Å². The Hall–Kier alpha value is -1.02. The standard InChI is InChI=1S/C12H18N2/c1-8-6-12(8)14-7-10-4-3-5-11(13)9(10)2/h3-5,8,12,14H,6-7,13H2,1-2H3. The maximum absolute atomic E-state index is 5.84. The lowest BCUT2D eigenvalue weighted by molar-refractivity contribution is 0.651.